The zero-order valence-corrected chi connectivity index (χ0v) is 21.0. The minimum absolute atomic E-state index is 0. The molecule has 1 heterocycles. The molecule has 9 nitrogen and oxygen atoms in total. The van der Waals surface area contributed by atoms with Gasteiger partial charge in [0.1, 0.15) is 4.75 Å². The van der Waals surface area contributed by atoms with Crippen LogP contribution >= 0.6 is 0 Å². The fraction of sp³-hybridized carbons (Fsp3) is 0.391. The topological polar surface area (TPSA) is 152 Å². The number of hydroxylamine groups is 1. The Morgan fingerprint density at radius 2 is 1.76 bits per heavy atom. The van der Waals surface area contributed by atoms with Crippen molar-refractivity contribution in [2.24, 2.45) is 11.6 Å². The van der Waals surface area contributed by atoms with Crippen LogP contribution in [0, 0.1) is 0 Å². The quantitative estimate of drug-likeness (QED) is 0.221. The third-order valence-electron chi connectivity index (χ3n) is 4.89. The number of aryl methyl sites for hydroxylation is 1. The largest absolute Gasteiger partial charge is 0.403 e. The number of benzene rings is 1. The van der Waals surface area contributed by atoms with Crippen LogP contribution in [0.3, 0.4) is 0 Å². The van der Waals surface area contributed by atoms with Crippen LogP contribution in [0.25, 0.3) is 16.8 Å². The van der Waals surface area contributed by atoms with E-state index in [2.05, 4.69) is 5.43 Å². The van der Waals surface area contributed by atoms with Crippen molar-refractivity contribution in [1.29, 1.82) is 0 Å². The second kappa shape index (κ2) is 15.0. The highest BCUT2D eigenvalue weighted by atomic mass is 32.2. The number of nitrogens with one attached hydrogen (secondary N) is 2. The predicted octanol–water partition coefficient (Wildman–Crippen LogP) is 2.57. The van der Waals surface area contributed by atoms with Crippen molar-refractivity contribution in [1.82, 2.24) is 15.5 Å². The molecule has 10 heteroatoms. The molecule has 2 rings (SSSR count). The summed E-state index contributed by atoms with van der Waals surface area (Å²) in [4.78, 5) is 24.4. The fourth-order valence-corrected chi connectivity index (χ4v) is 3.47. The van der Waals surface area contributed by atoms with Gasteiger partial charge in [-0.3, -0.25) is 24.8 Å². The van der Waals surface area contributed by atoms with Crippen molar-refractivity contribution in [2.75, 3.05) is 6.26 Å². The maximum absolute atomic E-state index is 12.5. The first-order valence-corrected chi connectivity index (χ1v) is 12.3. The molecule has 0 radical (unpaired) electrons. The van der Waals surface area contributed by atoms with E-state index >= 15 is 0 Å². The van der Waals surface area contributed by atoms with E-state index in [0.717, 1.165) is 16.7 Å². The first kappa shape index (κ1) is 30.0. The summed E-state index contributed by atoms with van der Waals surface area (Å²) in [6.07, 6.45) is 4.49. The van der Waals surface area contributed by atoms with Gasteiger partial charge in [0.05, 0.1) is 5.70 Å². The number of carbonyl (C=O) groups excluding carboxylic acids is 1. The molecule has 7 N–H and O–H groups in total. The van der Waals surface area contributed by atoms with Gasteiger partial charge >= 0.3 is 0 Å². The van der Waals surface area contributed by atoms with Crippen molar-refractivity contribution in [2.45, 2.75) is 52.3 Å². The van der Waals surface area contributed by atoms with Crippen LogP contribution in [-0.4, -0.2) is 30.9 Å². The first-order valence-electron chi connectivity index (χ1n) is 10.7. The third kappa shape index (κ3) is 7.85. The number of aromatic nitrogens is 1. The summed E-state index contributed by atoms with van der Waals surface area (Å²) in [5, 5.41) is 8.90. The molecule has 0 spiro atoms. The highest BCUT2D eigenvalue weighted by Crippen LogP contribution is 2.21. The van der Waals surface area contributed by atoms with Gasteiger partial charge in [0, 0.05) is 49.1 Å². The Morgan fingerprint density at radius 3 is 2.18 bits per heavy atom. The van der Waals surface area contributed by atoms with E-state index in [-0.39, 0.29) is 20.0 Å². The minimum Gasteiger partial charge on any atom is -0.403 e. The van der Waals surface area contributed by atoms with E-state index in [4.69, 9.17) is 16.8 Å². The highest BCUT2D eigenvalue weighted by Gasteiger charge is 2.37. The summed E-state index contributed by atoms with van der Waals surface area (Å²) in [5.74, 6) is 4.66. The standard InChI is InChI=1S/C19H25N5O4S.2C2H6.H2/c1-19(29(2)28,18(26)23-27)8-10-24-9-7-15(11-17(24)25)13-3-5-14(6-4-13)16(12-20)22-21;2*1-2;/h3-7,9,11-12,22,27H,8,10,20-21H2,1-2H3,(H,23,26);2*1-2H3;1H/b16-12-;;;. The lowest BCUT2D eigenvalue weighted by molar-refractivity contribution is -0.131. The Balaban J connectivity index is 0. The van der Waals surface area contributed by atoms with E-state index < -0.39 is 21.5 Å². The molecule has 1 aromatic heterocycles. The molecule has 0 aliphatic heterocycles. The highest BCUT2D eigenvalue weighted by molar-refractivity contribution is 7.86. The SMILES string of the molecule is CC.CC.CS(=O)C(C)(CCn1ccc(-c2ccc(/C(=C/N)NN)cc2)cc1=O)C(=O)NO.[HH]. The van der Waals surface area contributed by atoms with E-state index in [1.807, 2.05) is 52.0 Å². The smallest absolute Gasteiger partial charge is 0.261 e. The Bertz CT molecular complexity index is 996. The zero-order chi connectivity index (χ0) is 25.6. The number of carbonyl (C=O) groups is 1. The van der Waals surface area contributed by atoms with Gasteiger partial charge in [-0.25, -0.2) is 5.48 Å². The monoisotopic (exact) mass is 481 g/mol. The number of amides is 1. The van der Waals surface area contributed by atoms with Gasteiger partial charge in [-0.05, 0) is 30.5 Å². The Morgan fingerprint density at radius 1 is 1.18 bits per heavy atom. The molecular formula is C23H39N5O4S. The van der Waals surface area contributed by atoms with Gasteiger partial charge < -0.3 is 15.7 Å². The summed E-state index contributed by atoms with van der Waals surface area (Å²) in [5.41, 5.74) is 12.2. The molecule has 2 unspecified atom stereocenters. The molecule has 2 atom stereocenters. The van der Waals surface area contributed by atoms with Gasteiger partial charge in [-0.15, -0.1) is 0 Å². The maximum atomic E-state index is 12.5. The molecule has 0 saturated carbocycles. The Labute approximate surface area is 199 Å². The van der Waals surface area contributed by atoms with E-state index in [1.54, 1.807) is 17.7 Å². The summed E-state index contributed by atoms with van der Waals surface area (Å²) >= 11 is 0. The molecule has 0 bridgehead atoms. The lowest BCUT2D eigenvalue weighted by Crippen LogP contribution is -2.47. The maximum Gasteiger partial charge on any atom is 0.261 e. The van der Waals surface area contributed by atoms with Gasteiger partial charge in [-0.1, -0.05) is 52.0 Å². The molecule has 1 amide bonds. The summed E-state index contributed by atoms with van der Waals surface area (Å²) in [6, 6.07) is 10.6. The molecule has 33 heavy (non-hydrogen) atoms. The molecule has 0 saturated heterocycles. The van der Waals surface area contributed by atoms with Crippen molar-refractivity contribution >= 4 is 22.4 Å². The Kier molecular flexibility index (Phi) is 13.6. The number of pyridine rings is 1. The number of hydrogen-bond acceptors (Lipinski definition) is 7. The van der Waals surface area contributed by atoms with Crippen LogP contribution < -0.4 is 28.0 Å². The van der Waals surface area contributed by atoms with Gasteiger partial charge in [-0.2, -0.15) is 0 Å². The van der Waals surface area contributed by atoms with Crippen LogP contribution in [0.5, 0.6) is 0 Å². The number of hydrogen-bond donors (Lipinski definition) is 5. The van der Waals surface area contributed by atoms with E-state index in [0.29, 0.717) is 5.70 Å². The van der Waals surface area contributed by atoms with Crippen LogP contribution in [0.2, 0.25) is 0 Å². The van der Waals surface area contributed by atoms with Crippen molar-refractivity contribution in [3.63, 3.8) is 0 Å². The van der Waals surface area contributed by atoms with Crippen LogP contribution in [0.4, 0.5) is 0 Å². The molecule has 0 fully saturated rings. The third-order valence-corrected chi connectivity index (χ3v) is 6.55. The number of hydrazine groups is 1. The lowest BCUT2D eigenvalue weighted by Gasteiger charge is -2.24. The molecular weight excluding hydrogens is 442 g/mol. The zero-order valence-electron chi connectivity index (χ0n) is 20.2. The van der Waals surface area contributed by atoms with E-state index in [9.17, 15) is 13.8 Å². The second-order valence-electron chi connectivity index (χ2n) is 6.62. The number of nitrogens with zero attached hydrogens (tertiary/aromatic N) is 1. The first-order chi connectivity index (χ1) is 15.8. The molecule has 0 aliphatic carbocycles. The summed E-state index contributed by atoms with van der Waals surface area (Å²) in [7, 11) is -1.54. The van der Waals surface area contributed by atoms with E-state index in [1.165, 1.54) is 30.0 Å². The van der Waals surface area contributed by atoms with Crippen molar-refractivity contribution in [3.05, 3.63) is 64.7 Å². The van der Waals surface area contributed by atoms with Crippen LogP contribution in [-0.2, 0) is 22.1 Å². The Hall–Kier alpha value is -2.95. The van der Waals surface area contributed by atoms with Gasteiger partial charge in [0.15, 0.2) is 0 Å². The second-order valence-corrected chi connectivity index (χ2v) is 8.43. The molecule has 2 aromatic rings. The average Bonchev–Trinajstić information content (AvgIpc) is 2.86. The molecule has 186 valence electrons. The molecule has 0 aliphatic rings. The van der Waals surface area contributed by atoms with Gasteiger partial charge in [0.25, 0.3) is 11.5 Å². The molecule has 1 aromatic carbocycles. The number of rotatable bonds is 8. The lowest BCUT2D eigenvalue weighted by atomic mass is 10.0. The van der Waals surface area contributed by atoms with Crippen molar-refractivity contribution in [3.8, 4) is 11.1 Å². The fourth-order valence-electron chi connectivity index (χ4n) is 2.78. The average molecular weight is 482 g/mol. The van der Waals surface area contributed by atoms with Gasteiger partial charge in [0.2, 0.25) is 0 Å². The summed E-state index contributed by atoms with van der Waals surface area (Å²) in [6.45, 7) is 9.66. The van der Waals surface area contributed by atoms with Crippen molar-refractivity contribution < 1.29 is 15.6 Å². The summed E-state index contributed by atoms with van der Waals surface area (Å²) < 4.78 is 12.1. The number of nitrogens with two attached hydrogens (primary N) is 2. The predicted molar refractivity (Wildman–Crippen MR) is 137 cm³/mol. The normalized spacial score (nSPS) is 13.3. The van der Waals surface area contributed by atoms with Crippen LogP contribution in [0.1, 0.15) is 48.0 Å². The minimum atomic E-state index is -1.54. The van der Waals surface area contributed by atoms with Crippen LogP contribution in [0.15, 0.2) is 53.6 Å².